The van der Waals surface area contributed by atoms with Crippen molar-refractivity contribution in [2.24, 2.45) is 0 Å². The van der Waals surface area contributed by atoms with Gasteiger partial charge < -0.3 is 9.64 Å². The van der Waals surface area contributed by atoms with Crippen molar-refractivity contribution in [1.82, 2.24) is 0 Å². The Morgan fingerprint density at radius 2 is 1.38 bits per heavy atom. The maximum absolute atomic E-state index is 13.1. The van der Waals surface area contributed by atoms with Gasteiger partial charge in [0.25, 0.3) is 5.91 Å². The molecule has 1 fully saturated rings. The molecule has 1 amide bonds. The maximum Gasteiger partial charge on any atom is 0.256 e. The summed E-state index contributed by atoms with van der Waals surface area (Å²) in [5.74, 6) is 0.0395. The number of hydrogen-bond acceptors (Lipinski definition) is 2. The Kier molecular flexibility index (Phi) is 5.25. The zero-order valence-electron chi connectivity index (χ0n) is 17.2. The number of methoxy groups -OCH3 is 1. The van der Waals surface area contributed by atoms with Crippen LogP contribution in [-0.2, 0) is 14.9 Å². The largest absolute Gasteiger partial charge is 0.372 e. The first-order valence-electron chi connectivity index (χ1n) is 10.1. The van der Waals surface area contributed by atoms with Crippen LogP contribution in [0.4, 0.5) is 5.69 Å². The molecule has 3 aromatic carbocycles. The third-order valence-electron chi connectivity index (χ3n) is 6.15. The van der Waals surface area contributed by atoms with Crippen LogP contribution in [0.15, 0.2) is 84.9 Å². The maximum atomic E-state index is 13.1. The molecule has 0 spiro atoms. The van der Waals surface area contributed by atoms with Gasteiger partial charge in [0, 0.05) is 30.7 Å². The normalized spacial score (nSPS) is 19.6. The zero-order chi connectivity index (χ0) is 20.4. The lowest BCUT2D eigenvalue weighted by atomic mass is 9.76. The highest BCUT2D eigenvalue weighted by Crippen LogP contribution is 2.40. The molecule has 1 heterocycles. The molecule has 0 N–H and O–H groups in total. The highest BCUT2D eigenvalue weighted by molar-refractivity contribution is 6.00. The third kappa shape index (κ3) is 3.58. The van der Waals surface area contributed by atoms with Crippen molar-refractivity contribution in [3.63, 3.8) is 0 Å². The van der Waals surface area contributed by atoms with Gasteiger partial charge >= 0.3 is 0 Å². The minimum atomic E-state index is -0.400. The molecule has 4 rings (SSSR count). The summed E-state index contributed by atoms with van der Waals surface area (Å²) in [6.45, 7) is 4.44. The second-order valence-corrected chi connectivity index (χ2v) is 8.18. The molecular formula is C26H27NO2. The topological polar surface area (TPSA) is 29.5 Å². The van der Waals surface area contributed by atoms with Gasteiger partial charge in [-0.3, -0.25) is 4.79 Å². The van der Waals surface area contributed by atoms with E-state index >= 15 is 0 Å². The van der Waals surface area contributed by atoms with Crippen LogP contribution in [0.5, 0.6) is 0 Å². The number of amides is 1. The van der Waals surface area contributed by atoms with Crippen molar-refractivity contribution in [3.05, 3.63) is 90.5 Å². The highest BCUT2D eigenvalue weighted by atomic mass is 16.5. The van der Waals surface area contributed by atoms with Crippen LogP contribution in [0.25, 0.3) is 11.1 Å². The average molecular weight is 386 g/mol. The van der Waals surface area contributed by atoms with Crippen LogP contribution in [0.3, 0.4) is 0 Å². The first-order valence-corrected chi connectivity index (χ1v) is 10.1. The molecule has 0 aromatic heterocycles. The Bertz CT molecular complexity index is 965. The number of anilines is 1. The molecule has 29 heavy (non-hydrogen) atoms. The van der Waals surface area contributed by atoms with E-state index in [1.807, 2.05) is 41.3 Å². The Morgan fingerprint density at radius 3 is 1.97 bits per heavy atom. The zero-order valence-corrected chi connectivity index (χ0v) is 17.2. The summed E-state index contributed by atoms with van der Waals surface area (Å²) in [6, 6.07) is 29.0. The number of hydrogen-bond donors (Lipinski definition) is 0. The van der Waals surface area contributed by atoms with Crippen molar-refractivity contribution >= 4 is 11.6 Å². The number of rotatable bonds is 5. The summed E-state index contributed by atoms with van der Waals surface area (Å²) in [5.41, 5.74) is 4.32. The number of para-hydroxylation sites is 1. The van der Waals surface area contributed by atoms with Gasteiger partial charge in [0.05, 0.1) is 0 Å². The van der Waals surface area contributed by atoms with Crippen LogP contribution >= 0.6 is 0 Å². The summed E-state index contributed by atoms with van der Waals surface area (Å²) >= 11 is 0. The van der Waals surface area contributed by atoms with Crippen LogP contribution in [0.2, 0.25) is 0 Å². The molecule has 0 unspecified atom stereocenters. The smallest absolute Gasteiger partial charge is 0.256 e. The van der Waals surface area contributed by atoms with Gasteiger partial charge in [0.2, 0.25) is 0 Å². The lowest BCUT2D eigenvalue weighted by molar-refractivity contribution is -0.125. The molecule has 3 aromatic rings. The summed E-state index contributed by atoms with van der Waals surface area (Å²) in [7, 11) is 1.62. The van der Waals surface area contributed by atoms with Gasteiger partial charge in [-0.2, -0.15) is 0 Å². The van der Waals surface area contributed by atoms with Crippen LogP contribution in [0.1, 0.15) is 25.8 Å². The fourth-order valence-electron chi connectivity index (χ4n) is 4.34. The quantitative estimate of drug-likeness (QED) is 0.584. The first kappa shape index (κ1) is 19.4. The highest BCUT2D eigenvalue weighted by Gasteiger charge is 2.48. The molecule has 0 bridgehead atoms. The number of ether oxygens (including phenoxy) is 1. The molecule has 1 aliphatic heterocycles. The molecule has 2 atom stereocenters. The minimum Gasteiger partial charge on any atom is -0.372 e. The predicted molar refractivity (Wildman–Crippen MR) is 118 cm³/mol. The van der Waals surface area contributed by atoms with Gasteiger partial charge in [-0.05, 0) is 28.8 Å². The van der Waals surface area contributed by atoms with E-state index in [1.165, 1.54) is 16.7 Å². The van der Waals surface area contributed by atoms with E-state index in [0.717, 1.165) is 5.69 Å². The van der Waals surface area contributed by atoms with Gasteiger partial charge in [-0.25, -0.2) is 0 Å². The molecule has 3 heteroatoms. The average Bonchev–Trinajstić information content (AvgIpc) is 3.12. The minimum absolute atomic E-state index is 0.0184. The molecule has 1 saturated heterocycles. The Labute approximate surface area is 172 Å². The lowest BCUT2D eigenvalue weighted by Crippen LogP contribution is -2.45. The van der Waals surface area contributed by atoms with Gasteiger partial charge in [-0.15, -0.1) is 0 Å². The van der Waals surface area contributed by atoms with Gasteiger partial charge in [0.1, 0.15) is 6.10 Å². The fourth-order valence-corrected chi connectivity index (χ4v) is 4.34. The van der Waals surface area contributed by atoms with E-state index in [0.29, 0.717) is 6.42 Å². The second kappa shape index (κ2) is 7.84. The Hall–Kier alpha value is -2.91. The summed E-state index contributed by atoms with van der Waals surface area (Å²) in [5, 5.41) is 0. The molecule has 148 valence electrons. The number of benzene rings is 3. The van der Waals surface area contributed by atoms with Crippen molar-refractivity contribution in [2.75, 3.05) is 12.0 Å². The number of nitrogens with zero attached hydrogens (tertiary/aromatic N) is 1. The summed E-state index contributed by atoms with van der Waals surface area (Å²) < 4.78 is 5.52. The SMILES string of the molecule is CO[C@@H]1C[C@@H](C(C)(C)c2ccc(-c3ccccc3)cc2)N(c2ccccc2)C1=O. The van der Waals surface area contributed by atoms with Crippen LogP contribution < -0.4 is 4.90 Å². The predicted octanol–water partition coefficient (Wildman–Crippen LogP) is 5.45. The Balaban J connectivity index is 1.68. The van der Waals surface area contributed by atoms with E-state index < -0.39 is 6.10 Å². The number of carbonyl (C=O) groups excluding carboxylic acids is 1. The van der Waals surface area contributed by atoms with Crippen molar-refractivity contribution in [1.29, 1.82) is 0 Å². The third-order valence-corrected chi connectivity index (χ3v) is 6.15. The van der Waals surface area contributed by atoms with E-state index in [-0.39, 0.29) is 17.4 Å². The van der Waals surface area contributed by atoms with Crippen LogP contribution in [-0.4, -0.2) is 25.2 Å². The monoisotopic (exact) mass is 385 g/mol. The van der Waals surface area contributed by atoms with E-state index in [1.54, 1.807) is 7.11 Å². The number of carbonyl (C=O) groups is 1. The molecule has 1 aliphatic rings. The van der Waals surface area contributed by atoms with E-state index in [4.69, 9.17) is 4.74 Å². The molecule has 0 radical (unpaired) electrons. The standard InChI is InChI=1S/C26H27NO2/c1-26(2,21-16-14-20(15-17-21)19-10-6-4-7-11-19)24-18-23(29-3)25(28)27(24)22-12-8-5-9-13-22/h4-17,23-24H,18H2,1-3H3/t23-,24+/m1/s1. The molecule has 0 aliphatic carbocycles. The van der Waals surface area contributed by atoms with E-state index in [9.17, 15) is 4.79 Å². The Morgan fingerprint density at radius 1 is 0.828 bits per heavy atom. The van der Waals surface area contributed by atoms with Crippen molar-refractivity contribution in [3.8, 4) is 11.1 Å². The van der Waals surface area contributed by atoms with Crippen molar-refractivity contribution in [2.45, 2.75) is 37.8 Å². The van der Waals surface area contributed by atoms with Crippen LogP contribution in [0, 0.1) is 0 Å². The van der Waals surface area contributed by atoms with Crippen molar-refractivity contribution < 1.29 is 9.53 Å². The summed E-state index contributed by atoms with van der Waals surface area (Å²) in [6.07, 6.45) is 0.278. The molecule has 3 nitrogen and oxygen atoms in total. The van der Waals surface area contributed by atoms with E-state index in [2.05, 4.69) is 62.4 Å². The lowest BCUT2D eigenvalue weighted by Gasteiger charge is -2.38. The summed E-state index contributed by atoms with van der Waals surface area (Å²) in [4.78, 5) is 15.0. The fraction of sp³-hybridized carbons (Fsp3) is 0.269. The second-order valence-electron chi connectivity index (χ2n) is 8.18. The van der Waals surface area contributed by atoms with Gasteiger partial charge in [-0.1, -0.05) is 86.6 Å². The van der Waals surface area contributed by atoms with Gasteiger partial charge in [0.15, 0.2) is 0 Å². The molecule has 0 saturated carbocycles. The first-order chi connectivity index (χ1) is 14.0. The molecular weight excluding hydrogens is 358 g/mol.